The molecule has 8 heteroatoms. The third kappa shape index (κ3) is 3.71. The maximum Gasteiger partial charge on any atom is 0.231 e. The zero-order chi connectivity index (χ0) is 19.4. The lowest BCUT2D eigenvalue weighted by atomic mass is 9.83. The van der Waals surface area contributed by atoms with Gasteiger partial charge in [-0.15, -0.1) is 0 Å². The number of amides is 1. The number of hydrogen-bond acceptors (Lipinski definition) is 6. The van der Waals surface area contributed by atoms with E-state index in [0.717, 1.165) is 43.2 Å². The standard InChI is InChI=1S/C20H20N6OS/c21-13-20(9-5-2-6-10-20)25-17(27)12-28-19-16-11-24-26(18(16)22-14-23-19)15-7-3-1-4-8-15/h1,3-4,7-8,11,14H,2,5-6,9-10,12H2,(H,25,27). The van der Waals surface area contributed by atoms with Gasteiger partial charge in [-0.05, 0) is 25.0 Å². The van der Waals surface area contributed by atoms with Crippen molar-refractivity contribution in [1.82, 2.24) is 25.1 Å². The van der Waals surface area contributed by atoms with E-state index in [0.29, 0.717) is 10.7 Å². The van der Waals surface area contributed by atoms with Crippen molar-refractivity contribution in [3.8, 4) is 11.8 Å². The van der Waals surface area contributed by atoms with Crippen molar-refractivity contribution in [2.45, 2.75) is 42.7 Å². The van der Waals surface area contributed by atoms with Crippen LogP contribution < -0.4 is 5.32 Å². The molecule has 142 valence electrons. The van der Waals surface area contributed by atoms with Gasteiger partial charge in [-0.25, -0.2) is 14.6 Å². The smallest absolute Gasteiger partial charge is 0.231 e. The van der Waals surface area contributed by atoms with E-state index >= 15 is 0 Å². The number of nitriles is 1. The van der Waals surface area contributed by atoms with Crippen LogP contribution >= 0.6 is 11.8 Å². The monoisotopic (exact) mass is 392 g/mol. The summed E-state index contributed by atoms with van der Waals surface area (Å²) in [5.41, 5.74) is 0.901. The summed E-state index contributed by atoms with van der Waals surface area (Å²) < 4.78 is 1.76. The van der Waals surface area contributed by atoms with Crippen molar-refractivity contribution in [2.75, 3.05) is 5.75 Å². The quantitative estimate of drug-likeness (QED) is 0.529. The zero-order valence-corrected chi connectivity index (χ0v) is 16.2. The minimum atomic E-state index is -0.713. The van der Waals surface area contributed by atoms with Gasteiger partial charge in [0.2, 0.25) is 5.91 Å². The highest BCUT2D eigenvalue weighted by Crippen LogP contribution is 2.29. The molecule has 2 heterocycles. The molecule has 1 aliphatic rings. The predicted molar refractivity (Wildman–Crippen MR) is 107 cm³/mol. The molecule has 7 nitrogen and oxygen atoms in total. The Balaban J connectivity index is 1.49. The van der Waals surface area contributed by atoms with Gasteiger partial charge in [-0.3, -0.25) is 4.79 Å². The van der Waals surface area contributed by atoms with Crippen LogP contribution in [0.1, 0.15) is 32.1 Å². The Morgan fingerprint density at radius 3 is 2.75 bits per heavy atom. The molecule has 0 spiro atoms. The molecule has 2 aromatic heterocycles. The predicted octanol–water partition coefficient (Wildman–Crippen LogP) is 3.25. The second-order valence-corrected chi connectivity index (χ2v) is 7.86. The van der Waals surface area contributed by atoms with Crippen molar-refractivity contribution in [2.24, 2.45) is 0 Å². The number of para-hydroxylation sites is 1. The van der Waals surface area contributed by atoms with Gasteiger partial charge in [0.1, 0.15) is 16.9 Å². The summed E-state index contributed by atoms with van der Waals surface area (Å²) in [5.74, 6) is 0.0576. The van der Waals surface area contributed by atoms with E-state index in [4.69, 9.17) is 0 Å². The van der Waals surface area contributed by atoms with E-state index in [1.54, 1.807) is 10.9 Å². The van der Waals surface area contributed by atoms with Gasteiger partial charge in [0, 0.05) is 0 Å². The van der Waals surface area contributed by atoms with E-state index in [1.165, 1.54) is 18.1 Å². The average molecular weight is 392 g/mol. The lowest BCUT2D eigenvalue weighted by Crippen LogP contribution is -2.49. The normalized spacial score (nSPS) is 15.8. The van der Waals surface area contributed by atoms with Crippen molar-refractivity contribution in [3.05, 3.63) is 42.9 Å². The first-order chi connectivity index (χ1) is 13.7. The minimum Gasteiger partial charge on any atom is -0.337 e. The number of hydrogen-bond donors (Lipinski definition) is 1. The van der Waals surface area contributed by atoms with Crippen LogP contribution in [0.15, 0.2) is 47.9 Å². The fraction of sp³-hybridized carbons (Fsp3) is 0.350. The lowest BCUT2D eigenvalue weighted by Gasteiger charge is -2.31. The van der Waals surface area contributed by atoms with Gasteiger partial charge in [-0.2, -0.15) is 10.4 Å². The van der Waals surface area contributed by atoms with E-state index in [1.807, 2.05) is 30.3 Å². The van der Waals surface area contributed by atoms with Crippen molar-refractivity contribution in [3.63, 3.8) is 0 Å². The average Bonchev–Trinajstić information content (AvgIpc) is 3.18. The van der Waals surface area contributed by atoms with Crippen LogP contribution in [-0.2, 0) is 4.79 Å². The number of nitrogens with zero attached hydrogens (tertiary/aromatic N) is 5. The summed E-state index contributed by atoms with van der Waals surface area (Å²) in [5, 5.41) is 18.4. The molecule has 1 aliphatic carbocycles. The summed E-state index contributed by atoms with van der Waals surface area (Å²) >= 11 is 1.34. The molecular weight excluding hydrogens is 372 g/mol. The summed E-state index contributed by atoms with van der Waals surface area (Å²) in [6.07, 6.45) is 7.74. The van der Waals surface area contributed by atoms with Crippen LogP contribution in [-0.4, -0.2) is 36.9 Å². The number of thioether (sulfide) groups is 1. The van der Waals surface area contributed by atoms with Crippen LogP contribution in [0.4, 0.5) is 0 Å². The highest BCUT2D eigenvalue weighted by atomic mass is 32.2. The maximum atomic E-state index is 12.5. The summed E-state index contributed by atoms with van der Waals surface area (Å²) in [7, 11) is 0. The molecule has 3 aromatic rings. The third-order valence-corrected chi connectivity index (χ3v) is 5.98. The Bertz CT molecular complexity index is 1020. The fourth-order valence-corrected chi connectivity index (χ4v) is 4.31. The van der Waals surface area contributed by atoms with Crippen LogP contribution in [0, 0.1) is 11.3 Å². The maximum absolute atomic E-state index is 12.5. The number of carbonyl (C=O) groups is 1. The molecule has 0 saturated heterocycles. The van der Waals surface area contributed by atoms with E-state index in [-0.39, 0.29) is 11.7 Å². The molecule has 28 heavy (non-hydrogen) atoms. The Morgan fingerprint density at radius 1 is 1.21 bits per heavy atom. The number of benzene rings is 1. The SMILES string of the molecule is N#CC1(NC(=O)CSc2ncnc3c2cnn3-c2ccccc2)CCCCC1. The topological polar surface area (TPSA) is 96.5 Å². The van der Waals surface area contributed by atoms with Crippen molar-refractivity contribution in [1.29, 1.82) is 5.26 Å². The first-order valence-corrected chi connectivity index (χ1v) is 10.3. The first kappa shape index (κ1) is 18.4. The number of fused-ring (bicyclic) bond motifs is 1. The van der Waals surface area contributed by atoms with Gasteiger partial charge >= 0.3 is 0 Å². The third-order valence-electron chi connectivity index (χ3n) is 4.97. The highest BCUT2D eigenvalue weighted by molar-refractivity contribution is 8.00. The van der Waals surface area contributed by atoms with Crippen LogP contribution in [0.5, 0.6) is 0 Å². The molecule has 0 bridgehead atoms. The fourth-order valence-electron chi connectivity index (χ4n) is 3.55. The molecular formula is C20H20N6OS. The molecule has 4 rings (SSSR count). The first-order valence-electron chi connectivity index (χ1n) is 9.30. The number of aromatic nitrogens is 4. The number of rotatable bonds is 5. The van der Waals surface area contributed by atoms with Crippen LogP contribution in [0.2, 0.25) is 0 Å². The summed E-state index contributed by atoms with van der Waals surface area (Å²) in [6, 6.07) is 12.1. The number of nitrogens with one attached hydrogen (secondary N) is 1. The Morgan fingerprint density at radius 2 is 2.00 bits per heavy atom. The van der Waals surface area contributed by atoms with E-state index in [9.17, 15) is 10.1 Å². The molecule has 1 amide bonds. The Labute approximate surface area is 167 Å². The molecule has 0 aliphatic heterocycles. The molecule has 1 saturated carbocycles. The Hall–Kier alpha value is -2.92. The highest BCUT2D eigenvalue weighted by Gasteiger charge is 2.33. The minimum absolute atomic E-state index is 0.143. The Kier molecular flexibility index (Phi) is 5.26. The van der Waals surface area contributed by atoms with Gasteiger partial charge < -0.3 is 5.32 Å². The lowest BCUT2D eigenvalue weighted by molar-refractivity contribution is -0.120. The van der Waals surface area contributed by atoms with Crippen molar-refractivity contribution >= 4 is 28.7 Å². The van der Waals surface area contributed by atoms with E-state index in [2.05, 4.69) is 26.5 Å². The summed E-state index contributed by atoms with van der Waals surface area (Å²) in [4.78, 5) is 21.1. The molecule has 1 aromatic carbocycles. The zero-order valence-electron chi connectivity index (χ0n) is 15.3. The van der Waals surface area contributed by atoms with Gasteiger partial charge in [-0.1, -0.05) is 49.2 Å². The second kappa shape index (κ2) is 7.98. The summed E-state index contributed by atoms with van der Waals surface area (Å²) in [6.45, 7) is 0. The number of carbonyl (C=O) groups excluding carboxylic acids is 1. The van der Waals surface area contributed by atoms with Gasteiger partial charge in [0.05, 0.1) is 29.1 Å². The largest absolute Gasteiger partial charge is 0.337 e. The van der Waals surface area contributed by atoms with Crippen LogP contribution in [0.3, 0.4) is 0 Å². The van der Waals surface area contributed by atoms with Crippen LogP contribution in [0.25, 0.3) is 16.7 Å². The molecule has 0 atom stereocenters. The molecule has 1 N–H and O–H groups in total. The van der Waals surface area contributed by atoms with Gasteiger partial charge in [0.15, 0.2) is 5.65 Å². The van der Waals surface area contributed by atoms with E-state index < -0.39 is 5.54 Å². The molecule has 1 fully saturated rings. The van der Waals surface area contributed by atoms with Crippen molar-refractivity contribution < 1.29 is 4.79 Å². The molecule has 0 radical (unpaired) electrons. The molecule has 0 unspecified atom stereocenters. The second-order valence-electron chi connectivity index (χ2n) is 6.90. The van der Waals surface area contributed by atoms with Gasteiger partial charge in [0.25, 0.3) is 0 Å².